The van der Waals surface area contributed by atoms with E-state index < -0.39 is 17.9 Å². The number of aromatic amines is 1. The largest absolute Gasteiger partial charge is 0.467 e. The number of nitrogens with one attached hydrogen (secondary N) is 2. The smallest absolute Gasteiger partial charge is 0.328 e. The lowest BCUT2D eigenvalue weighted by molar-refractivity contribution is -0.142. The Balaban J connectivity index is 1.77. The average molecular weight is 533 g/mol. The Labute approximate surface area is 216 Å². The molecule has 4 aromatic rings. The average Bonchev–Trinajstić information content (AvgIpc) is 3.46. The van der Waals surface area contributed by atoms with Gasteiger partial charge in [0, 0.05) is 39.5 Å². The number of esters is 1. The molecule has 0 aliphatic heterocycles. The number of hydrogen-bond donors (Lipinski definition) is 2. The number of rotatable bonds is 7. The van der Waals surface area contributed by atoms with Gasteiger partial charge in [-0.15, -0.1) is 0 Å². The third kappa shape index (κ3) is 5.35. The number of carbonyl (C=O) groups excluding carboxylic acids is 2. The van der Waals surface area contributed by atoms with E-state index in [1.54, 1.807) is 48.1 Å². The summed E-state index contributed by atoms with van der Waals surface area (Å²) in [4.78, 5) is 32.6. The zero-order valence-corrected chi connectivity index (χ0v) is 20.9. The van der Waals surface area contributed by atoms with Crippen molar-refractivity contribution in [2.75, 3.05) is 7.11 Å². The van der Waals surface area contributed by atoms with Crippen LogP contribution in [0, 0.1) is 6.92 Å². The summed E-state index contributed by atoms with van der Waals surface area (Å²) < 4.78 is 6.46. The summed E-state index contributed by atoms with van der Waals surface area (Å²) in [6.07, 6.45) is 3.24. The van der Waals surface area contributed by atoms with Gasteiger partial charge < -0.3 is 15.0 Å². The number of amides is 1. The molecule has 2 aromatic heterocycles. The van der Waals surface area contributed by atoms with Crippen LogP contribution in [0.3, 0.4) is 0 Å². The van der Waals surface area contributed by atoms with E-state index in [1.807, 2.05) is 12.1 Å². The number of halogens is 3. The van der Waals surface area contributed by atoms with E-state index in [1.165, 1.54) is 13.4 Å². The molecule has 35 heavy (non-hydrogen) atoms. The first-order valence-corrected chi connectivity index (χ1v) is 11.6. The van der Waals surface area contributed by atoms with Crippen molar-refractivity contribution in [3.05, 3.63) is 87.0 Å². The lowest BCUT2D eigenvalue weighted by Crippen LogP contribution is -2.43. The lowest BCUT2D eigenvalue weighted by atomic mass is 10.1. The van der Waals surface area contributed by atoms with E-state index in [0.29, 0.717) is 37.7 Å². The van der Waals surface area contributed by atoms with Crippen LogP contribution in [0.2, 0.25) is 15.1 Å². The topological polar surface area (TPSA) is 102 Å². The monoisotopic (exact) mass is 531 g/mol. The summed E-state index contributed by atoms with van der Waals surface area (Å²) in [5.41, 5.74) is 3.31. The summed E-state index contributed by atoms with van der Waals surface area (Å²) in [6.45, 7) is 1.77. The molecule has 0 spiro atoms. The summed E-state index contributed by atoms with van der Waals surface area (Å²) in [7, 11) is 1.26. The fraction of sp³-hybridized carbons (Fsp3) is 0.167. The van der Waals surface area contributed by atoms with Crippen LogP contribution in [0.15, 0.2) is 55.0 Å². The second-order valence-corrected chi connectivity index (χ2v) is 8.95. The highest BCUT2D eigenvalue weighted by atomic mass is 35.5. The number of hydrogen-bond acceptors (Lipinski definition) is 5. The highest BCUT2D eigenvalue weighted by molar-refractivity contribution is 6.35. The fourth-order valence-corrected chi connectivity index (χ4v) is 4.28. The van der Waals surface area contributed by atoms with Gasteiger partial charge in [-0.1, -0.05) is 46.9 Å². The molecule has 8 nitrogen and oxygen atoms in total. The SMILES string of the molecule is COC(=O)[C@@H](Cc1cnc[nH]1)NC(=O)c1nn(-c2ccc(Cl)cc2Cl)c(-c2ccc(Cl)cc2)c1C. The summed E-state index contributed by atoms with van der Waals surface area (Å²) in [5, 5.41) is 8.69. The highest BCUT2D eigenvalue weighted by Gasteiger charge is 2.28. The van der Waals surface area contributed by atoms with E-state index in [9.17, 15) is 9.59 Å². The second-order valence-electron chi connectivity index (χ2n) is 7.67. The molecule has 2 aromatic carbocycles. The Morgan fingerprint density at radius 2 is 1.83 bits per heavy atom. The lowest BCUT2D eigenvalue weighted by Gasteiger charge is -2.15. The predicted octanol–water partition coefficient (Wildman–Crippen LogP) is 5.05. The summed E-state index contributed by atoms with van der Waals surface area (Å²) >= 11 is 18.6. The number of imidazole rings is 1. The molecule has 0 bridgehead atoms. The Kier molecular flexibility index (Phi) is 7.45. The van der Waals surface area contributed by atoms with Crippen LogP contribution < -0.4 is 5.32 Å². The van der Waals surface area contributed by atoms with Crippen molar-refractivity contribution in [1.29, 1.82) is 0 Å². The normalized spacial score (nSPS) is 11.8. The van der Waals surface area contributed by atoms with Crippen LogP contribution in [0.5, 0.6) is 0 Å². The van der Waals surface area contributed by atoms with Gasteiger partial charge in [-0.25, -0.2) is 14.5 Å². The Morgan fingerprint density at radius 3 is 2.46 bits per heavy atom. The van der Waals surface area contributed by atoms with E-state index >= 15 is 0 Å². The molecule has 4 rings (SSSR count). The molecule has 2 N–H and O–H groups in total. The molecule has 180 valence electrons. The minimum Gasteiger partial charge on any atom is -0.467 e. The van der Waals surface area contributed by atoms with Crippen molar-refractivity contribution in [2.45, 2.75) is 19.4 Å². The molecule has 1 amide bonds. The zero-order valence-electron chi connectivity index (χ0n) is 18.7. The first kappa shape index (κ1) is 24.8. The predicted molar refractivity (Wildman–Crippen MR) is 134 cm³/mol. The summed E-state index contributed by atoms with van der Waals surface area (Å²) in [6, 6.07) is 11.2. The fourth-order valence-electron chi connectivity index (χ4n) is 3.66. The molecule has 0 saturated heterocycles. The first-order valence-electron chi connectivity index (χ1n) is 10.5. The third-order valence-electron chi connectivity index (χ3n) is 5.36. The van der Waals surface area contributed by atoms with Crippen LogP contribution in [-0.2, 0) is 16.0 Å². The van der Waals surface area contributed by atoms with Gasteiger partial charge in [-0.3, -0.25) is 4.79 Å². The van der Waals surface area contributed by atoms with Crippen molar-refractivity contribution >= 4 is 46.7 Å². The quantitative estimate of drug-likeness (QED) is 0.325. The number of carbonyl (C=O) groups is 2. The molecule has 0 fully saturated rings. The number of aromatic nitrogens is 4. The number of ether oxygens (including phenoxy) is 1. The van der Waals surface area contributed by atoms with Crippen molar-refractivity contribution in [3.8, 4) is 16.9 Å². The first-order chi connectivity index (χ1) is 16.8. The molecule has 0 saturated carbocycles. The molecule has 0 radical (unpaired) electrons. The summed E-state index contributed by atoms with van der Waals surface area (Å²) in [5.74, 6) is -1.14. The van der Waals surface area contributed by atoms with Crippen LogP contribution >= 0.6 is 34.8 Å². The standard InChI is InChI=1S/C24H20Cl3N5O3/c1-13-21(23(33)30-19(24(34)35-2)10-17-11-28-12-29-17)31-32(20-8-7-16(26)9-18(20)27)22(13)14-3-5-15(25)6-4-14/h3-9,11-12,19H,10H2,1-2H3,(H,28,29)(H,30,33)/t19-/m1/s1. The Hall–Kier alpha value is -3.33. The van der Waals surface area contributed by atoms with E-state index in [-0.39, 0.29) is 12.1 Å². The molecular formula is C24H20Cl3N5O3. The highest BCUT2D eigenvalue weighted by Crippen LogP contribution is 2.33. The maximum Gasteiger partial charge on any atom is 0.328 e. The number of methoxy groups -OCH3 is 1. The van der Waals surface area contributed by atoms with Gasteiger partial charge in [0.1, 0.15) is 6.04 Å². The van der Waals surface area contributed by atoms with E-state index in [4.69, 9.17) is 39.5 Å². The van der Waals surface area contributed by atoms with Gasteiger partial charge in [0.15, 0.2) is 5.69 Å². The Bertz CT molecular complexity index is 1370. The van der Waals surface area contributed by atoms with Crippen molar-refractivity contribution < 1.29 is 14.3 Å². The van der Waals surface area contributed by atoms with Crippen molar-refractivity contribution in [2.24, 2.45) is 0 Å². The number of benzene rings is 2. The Morgan fingerprint density at radius 1 is 1.11 bits per heavy atom. The molecule has 11 heteroatoms. The van der Waals surface area contributed by atoms with Crippen molar-refractivity contribution in [3.63, 3.8) is 0 Å². The molecule has 0 unspecified atom stereocenters. The van der Waals surface area contributed by atoms with Gasteiger partial charge >= 0.3 is 5.97 Å². The van der Waals surface area contributed by atoms with Gasteiger partial charge in [-0.2, -0.15) is 5.10 Å². The van der Waals surface area contributed by atoms with E-state index in [0.717, 1.165) is 5.56 Å². The molecule has 0 aliphatic carbocycles. The maximum absolute atomic E-state index is 13.4. The number of nitrogens with zero attached hydrogens (tertiary/aromatic N) is 3. The number of H-pyrrole nitrogens is 1. The molecule has 0 aliphatic rings. The van der Waals surface area contributed by atoms with Gasteiger partial charge in [0.05, 0.1) is 29.8 Å². The van der Waals surface area contributed by atoms with Gasteiger partial charge in [0.25, 0.3) is 5.91 Å². The minimum atomic E-state index is -0.949. The van der Waals surface area contributed by atoms with Gasteiger partial charge in [-0.05, 0) is 37.3 Å². The van der Waals surface area contributed by atoms with E-state index in [2.05, 4.69) is 20.4 Å². The van der Waals surface area contributed by atoms with Crippen molar-refractivity contribution in [1.82, 2.24) is 25.1 Å². The second kappa shape index (κ2) is 10.5. The van der Waals surface area contributed by atoms with Gasteiger partial charge in [0.2, 0.25) is 0 Å². The third-order valence-corrected chi connectivity index (χ3v) is 6.15. The molecular weight excluding hydrogens is 513 g/mol. The van der Waals surface area contributed by atoms with Crippen LogP contribution in [0.4, 0.5) is 0 Å². The molecule has 2 heterocycles. The molecule has 1 atom stereocenters. The zero-order chi connectivity index (χ0) is 25.1. The maximum atomic E-state index is 13.4. The van der Waals surface area contributed by atoms with Crippen LogP contribution in [0.25, 0.3) is 16.9 Å². The van der Waals surface area contributed by atoms with Crippen LogP contribution in [-0.4, -0.2) is 44.8 Å². The van der Waals surface area contributed by atoms with Crippen LogP contribution in [0.1, 0.15) is 21.7 Å². The minimum absolute atomic E-state index is 0.125.